The number of hydrogen-bond acceptors (Lipinski definition) is 4. The van der Waals surface area contributed by atoms with E-state index in [1.165, 1.54) is 5.56 Å². The lowest BCUT2D eigenvalue weighted by molar-refractivity contribution is -0.115. The lowest BCUT2D eigenvalue weighted by Crippen LogP contribution is -2.17. The minimum atomic E-state index is -0.147. The van der Waals surface area contributed by atoms with Gasteiger partial charge < -0.3 is 14.8 Å². The van der Waals surface area contributed by atoms with E-state index < -0.39 is 0 Å². The van der Waals surface area contributed by atoms with Gasteiger partial charge >= 0.3 is 0 Å². The molecule has 0 unspecified atom stereocenters. The molecular formula is C21H23N3O3. The Morgan fingerprint density at radius 3 is 2.44 bits per heavy atom. The third-order valence-corrected chi connectivity index (χ3v) is 4.22. The Balaban J connectivity index is 1.80. The molecule has 0 aliphatic carbocycles. The molecule has 3 aromatic rings. The molecule has 1 heterocycles. The summed E-state index contributed by atoms with van der Waals surface area (Å²) in [5.41, 5.74) is 3.67. The van der Waals surface area contributed by atoms with Gasteiger partial charge in [0.2, 0.25) is 5.91 Å². The number of amides is 1. The summed E-state index contributed by atoms with van der Waals surface area (Å²) in [6.07, 6.45) is 0.186. The minimum absolute atomic E-state index is 0.147. The molecule has 0 bridgehead atoms. The summed E-state index contributed by atoms with van der Waals surface area (Å²) in [6, 6.07) is 15.2. The molecule has 1 amide bonds. The smallest absolute Gasteiger partial charge is 0.230 e. The number of carbonyl (C=O) groups excluding carboxylic acids is 1. The van der Waals surface area contributed by atoms with Gasteiger partial charge in [-0.3, -0.25) is 4.79 Å². The van der Waals surface area contributed by atoms with Gasteiger partial charge in [0.05, 0.1) is 32.0 Å². The predicted molar refractivity (Wildman–Crippen MR) is 105 cm³/mol. The topological polar surface area (TPSA) is 65.4 Å². The fourth-order valence-electron chi connectivity index (χ4n) is 2.83. The summed E-state index contributed by atoms with van der Waals surface area (Å²) in [6.45, 7) is 3.93. The Morgan fingerprint density at radius 1 is 1.04 bits per heavy atom. The number of rotatable bonds is 6. The van der Waals surface area contributed by atoms with Gasteiger partial charge in [-0.1, -0.05) is 23.8 Å². The number of aryl methyl sites for hydroxylation is 2. The summed E-state index contributed by atoms with van der Waals surface area (Å²) in [5.74, 6) is 1.79. The molecule has 140 valence electrons. The van der Waals surface area contributed by atoms with Gasteiger partial charge in [-0.25, -0.2) is 4.68 Å². The van der Waals surface area contributed by atoms with Crippen LogP contribution in [0.15, 0.2) is 48.5 Å². The van der Waals surface area contributed by atoms with Crippen LogP contribution in [-0.4, -0.2) is 29.9 Å². The molecule has 0 spiro atoms. The van der Waals surface area contributed by atoms with Crippen LogP contribution in [0, 0.1) is 13.8 Å². The first-order valence-corrected chi connectivity index (χ1v) is 8.64. The van der Waals surface area contributed by atoms with Gasteiger partial charge in [0.25, 0.3) is 0 Å². The van der Waals surface area contributed by atoms with Crippen molar-refractivity contribution in [3.63, 3.8) is 0 Å². The van der Waals surface area contributed by atoms with E-state index in [1.54, 1.807) is 25.0 Å². The van der Waals surface area contributed by atoms with Gasteiger partial charge in [0.1, 0.15) is 17.3 Å². The molecule has 0 fully saturated rings. The lowest BCUT2D eigenvalue weighted by Gasteiger charge is -2.12. The van der Waals surface area contributed by atoms with E-state index in [9.17, 15) is 4.79 Å². The van der Waals surface area contributed by atoms with E-state index in [0.29, 0.717) is 17.3 Å². The molecule has 0 aliphatic heterocycles. The number of benzene rings is 2. The van der Waals surface area contributed by atoms with E-state index in [2.05, 4.69) is 10.4 Å². The van der Waals surface area contributed by atoms with Crippen LogP contribution in [0.25, 0.3) is 5.69 Å². The fraction of sp³-hybridized carbons (Fsp3) is 0.238. The summed E-state index contributed by atoms with van der Waals surface area (Å²) in [4.78, 5) is 12.6. The highest BCUT2D eigenvalue weighted by Crippen LogP contribution is 2.25. The molecule has 0 atom stereocenters. The molecule has 27 heavy (non-hydrogen) atoms. The molecule has 6 nitrogen and oxygen atoms in total. The molecule has 0 saturated carbocycles. The summed E-state index contributed by atoms with van der Waals surface area (Å²) in [7, 11) is 3.17. The van der Waals surface area contributed by atoms with E-state index in [1.807, 2.05) is 56.3 Å². The zero-order valence-electron chi connectivity index (χ0n) is 15.9. The fourth-order valence-corrected chi connectivity index (χ4v) is 2.83. The molecule has 6 heteroatoms. The second-order valence-corrected chi connectivity index (χ2v) is 6.32. The molecule has 3 rings (SSSR count). The van der Waals surface area contributed by atoms with Crippen molar-refractivity contribution in [3.05, 3.63) is 65.4 Å². The van der Waals surface area contributed by atoms with Crippen LogP contribution in [0.5, 0.6) is 11.5 Å². The van der Waals surface area contributed by atoms with Crippen LogP contribution >= 0.6 is 0 Å². The number of ether oxygens (including phenoxy) is 2. The quantitative estimate of drug-likeness (QED) is 0.724. The standard InChI is InChI=1S/C21H23N3O3/c1-14-5-8-17(9-6-14)24-20(11-15(2)23-24)22-21(25)12-16-7-10-18(26-3)13-19(16)27-4/h5-11,13H,12H2,1-4H3,(H,22,25). The van der Waals surface area contributed by atoms with Crippen LogP contribution < -0.4 is 14.8 Å². The maximum Gasteiger partial charge on any atom is 0.230 e. The number of hydrogen-bond donors (Lipinski definition) is 1. The highest BCUT2D eigenvalue weighted by atomic mass is 16.5. The van der Waals surface area contributed by atoms with Crippen molar-refractivity contribution in [2.24, 2.45) is 0 Å². The Bertz CT molecular complexity index is 946. The van der Waals surface area contributed by atoms with E-state index in [-0.39, 0.29) is 12.3 Å². The first kappa shape index (κ1) is 18.5. The number of methoxy groups -OCH3 is 2. The molecule has 0 radical (unpaired) electrons. The number of nitrogens with one attached hydrogen (secondary N) is 1. The van der Waals surface area contributed by atoms with Crippen molar-refractivity contribution in [3.8, 4) is 17.2 Å². The van der Waals surface area contributed by atoms with Crippen molar-refractivity contribution >= 4 is 11.7 Å². The van der Waals surface area contributed by atoms with Crippen LogP contribution in [0.3, 0.4) is 0 Å². The summed E-state index contributed by atoms with van der Waals surface area (Å²) in [5, 5.41) is 7.44. The van der Waals surface area contributed by atoms with Gasteiger partial charge in [-0.05, 0) is 32.0 Å². The second-order valence-electron chi connectivity index (χ2n) is 6.32. The van der Waals surface area contributed by atoms with Crippen LogP contribution in [0.4, 0.5) is 5.82 Å². The number of anilines is 1. The average molecular weight is 365 g/mol. The molecule has 1 aromatic heterocycles. The van der Waals surface area contributed by atoms with Crippen molar-refractivity contribution in [2.75, 3.05) is 19.5 Å². The summed E-state index contributed by atoms with van der Waals surface area (Å²) < 4.78 is 12.3. The van der Waals surface area contributed by atoms with Crippen LogP contribution in [-0.2, 0) is 11.2 Å². The number of carbonyl (C=O) groups is 1. The zero-order valence-corrected chi connectivity index (χ0v) is 15.9. The largest absolute Gasteiger partial charge is 0.497 e. The summed E-state index contributed by atoms with van der Waals surface area (Å²) >= 11 is 0. The number of nitrogens with zero attached hydrogens (tertiary/aromatic N) is 2. The highest BCUT2D eigenvalue weighted by Gasteiger charge is 2.14. The average Bonchev–Trinajstić information content (AvgIpc) is 3.02. The van der Waals surface area contributed by atoms with Crippen molar-refractivity contribution in [1.82, 2.24) is 9.78 Å². The molecule has 0 aliphatic rings. The zero-order chi connectivity index (χ0) is 19.4. The molecular weight excluding hydrogens is 342 g/mol. The molecule has 0 saturated heterocycles. The second kappa shape index (κ2) is 7.95. The Kier molecular flexibility index (Phi) is 5.45. The first-order chi connectivity index (χ1) is 13.0. The molecule has 2 aromatic carbocycles. The van der Waals surface area contributed by atoms with Gasteiger partial charge in [0.15, 0.2) is 0 Å². The van der Waals surface area contributed by atoms with Gasteiger partial charge in [0, 0.05) is 17.7 Å². The van der Waals surface area contributed by atoms with Gasteiger partial charge in [-0.2, -0.15) is 5.10 Å². The van der Waals surface area contributed by atoms with E-state index in [4.69, 9.17) is 9.47 Å². The maximum atomic E-state index is 12.6. The highest BCUT2D eigenvalue weighted by molar-refractivity contribution is 5.92. The van der Waals surface area contributed by atoms with Crippen LogP contribution in [0.1, 0.15) is 16.8 Å². The lowest BCUT2D eigenvalue weighted by atomic mass is 10.1. The first-order valence-electron chi connectivity index (χ1n) is 8.64. The van der Waals surface area contributed by atoms with Crippen molar-refractivity contribution in [1.29, 1.82) is 0 Å². The van der Waals surface area contributed by atoms with Crippen molar-refractivity contribution < 1.29 is 14.3 Å². The van der Waals surface area contributed by atoms with Crippen molar-refractivity contribution in [2.45, 2.75) is 20.3 Å². The number of aromatic nitrogens is 2. The Hall–Kier alpha value is -3.28. The van der Waals surface area contributed by atoms with Crippen LogP contribution in [0.2, 0.25) is 0 Å². The SMILES string of the molecule is COc1ccc(CC(=O)Nc2cc(C)nn2-c2ccc(C)cc2)c(OC)c1. The maximum absolute atomic E-state index is 12.6. The predicted octanol–water partition coefficient (Wildman–Crippen LogP) is 3.69. The third kappa shape index (κ3) is 4.28. The van der Waals surface area contributed by atoms with E-state index >= 15 is 0 Å². The third-order valence-electron chi connectivity index (χ3n) is 4.22. The molecule has 1 N–H and O–H groups in total. The minimum Gasteiger partial charge on any atom is -0.497 e. The monoisotopic (exact) mass is 365 g/mol. The Morgan fingerprint density at radius 2 is 1.78 bits per heavy atom. The van der Waals surface area contributed by atoms with E-state index in [0.717, 1.165) is 16.9 Å². The van der Waals surface area contributed by atoms with Gasteiger partial charge in [-0.15, -0.1) is 0 Å². The normalized spacial score (nSPS) is 10.5. The Labute approximate surface area is 158 Å².